The van der Waals surface area contributed by atoms with Gasteiger partial charge in [-0.15, -0.1) is 0 Å². The molecule has 7 heteroatoms. The van der Waals surface area contributed by atoms with Crippen molar-refractivity contribution >= 4 is 11.6 Å². The Morgan fingerprint density at radius 2 is 1.93 bits per heavy atom. The summed E-state index contributed by atoms with van der Waals surface area (Å²) in [6.07, 6.45) is 1.41. The number of pyridine rings is 1. The van der Waals surface area contributed by atoms with Crippen molar-refractivity contribution in [3.63, 3.8) is 0 Å². The number of rotatable bonds is 6. The van der Waals surface area contributed by atoms with E-state index in [1.165, 1.54) is 36.5 Å². The smallest absolute Gasteiger partial charge is 0.295 e. The van der Waals surface area contributed by atoms with Crippen molar-refractivity contribution < 1.29 is 18.8 Å². The summed E-state index contributed by atoms with van der Waals surface area (Å²) in [4.78, 5) is 30.3. The van der Waals surface area contributed by atoms with Crippen molar-refractivity contribution in [2.24, 2.45) is 0 Å². The third-order valence-corrected chi connectivity index (χ3v) is 3.79. The van der Waals surface area contributed by atoms with Gasteiger partial charge in [0.1, 0.15) is 23.7 Å². The molecule has 1 amide bonds. The first kappa shape index (κ1) is 18.2. The van der Waals surface area contributed by atoms with E-state index in [9.17, 15) is 14.0 Å². The molecule has 0 aliphatic rings. The van der Waals surface area contributed by atoms with E-state index in [4.69, 9.17) is 9.57 Å². The molecule has 0 saturated carbocycles. The molecular weight excluding hydrogens is 351 g/mol. The molecule has 138 valence electrons. The molecule has 0 aliphatic carbocycles. The minimum atomic E-state index is -0.718. The second-order valence-corrected chi connectivity index (χ2v) is 5.61. The molecule has 0 atom stereocenters. The van der Waals surface area contributed by atoms with Crippen LogP contribution < -0.4 is 20.5 Å². The largest absolute Gasteiger partial charge is 0.497 e. The fourth-order valence-electron chi connectivity index (χ4n) is 2.41. The molecule has 0 aliphatic heterocycles. The van der Waals surface area contributed by atoms with Gasteiger partial charge in [-0.1, -0.05) is 24.3 Å². The van der Waals surface area contributed by atoms with Crippen LogP contribution in [0.2, 0.25) is 0 Å². The first-order valence-corrected chi connectivity index (χ1v) is 8.12. The lowest BCUT2D eigenvalue weighted by Crippen LogP contribution is -2.32. The van der Waals surface area contributed by atoms with Gasteiger partial charge in [-0.2, -0.15) is 4.73 Å². The molecule has 27 heavy (non-hydrogen) atoms. The average Bonchev–Trinajstić information content (AvgIpc) is 2.69. The summed E-state index contributed by atoms with van der Waals surface area (Å²) in [5.41, 5.74) is -0.0160. The quantitative estimate of drug-likeness (QED) is 0.726. The van der Waals surface area contributed by atoms with Crippen LogP contribution in [0, 0.1) is 5.82 Å². The van der Waals surface area contributed by atoms with Gasteiger partial charge >= 0.3 is 0 Å². The molecule has 0 saturated heterocycles. The zero-order valence-corrected chi connectivity index (χ0v) is 14.5. The molecule has 0 radical (unpaired) electrons. The fourth-order valence-corrected chi connectivity index (χ4v) is 2.41. The lowest BCUT2D eigenvalue weighted by atomic mass is 10.2. The van der Waals surface area contributed by atoms with E-state index in [2.05, 4.69) is 5.32 Å². The number of ether oxygens (including phenoxy) is 1. The Morgan fingerprint density at radius 3 is 2.70 bits per heavy atom. The first-order chi connectivity index (χ1) is 13.1. The van der Waals surface area contributed by atoms with E-state index in [1.807, 2.05) is 6.07 Å². The Bertz CT molecular complexity index is 1020. The summed E-state index contributed by atoms with van der Waals surface area (Å²) >= 11 is 0. The van der Waals surface area contributed by atoms with Crippen LogP contribution in [0.15, 0.2) is 71.7 Å². The summed E-state index contributed by atoms with van der Waals surface area (Å²) in [6, 6.07) is 15.8. The zero-order valence-electron chi connectivity index (χ0n) is 14.5. The number of halogens is 1. The van der Waals surface area contributed by atoms with E-state index in [0.717, 1.165) is 10.3 Å². The highest BCUT2D eigenvalue weighted by atomic mass is 19.1. The first-order valence-electron chi connectivity index (χ1n) is 8.12. The third kappa shape index (κ3) is 4.33. The van der Waals surface area contributed by atoms with Crippen molar-refractivity contribution in [2.75, 3.05) is 12.4 Å². The summed E-state index contributed by atoms with van der Waals surface area (Å²) in [7, 11) is 1.56. The van der Waals surface area contributed by atoms with E-state index in [1.54, 1.807) is 31.4 Å². The van der Waals surface area contributed by atoms with Crippen LogP contribution in [-0.2, 0) is 6.61 Å². The number of aromatic nitrogens is 1. The number of nitrogens with one attached hydrogen (secondary N) is 1. The van der Waals surface area contributed by atoms with Crippen LogP contribution in [0.4, 0.5) is 10.1 Å². The standard InChI is InChI=1S/C20H17FN2O4/c1-26-15-7-4-6-14(12-15)13-27-23-11-5-8-16(20(23)25)19(24)22-18-10-3-2-9-17(18)21/h2-12H,13H2,1H3,(H,22,24). The maximum absolute atomic E-state index is 13.7. The SMILES string of the molecule is COc1cccc(COn2cccc(C(=O)Nc3ccccc3F)c2=O)c1. The number of methoxy groups -OCH3 is 1. The molecule has 1 N–H and O–H groups in total. The molecule has 6 nitrogen and oxygen atoms in total. The van der Waals surface area contributed by atoms with E-state index >= 15 is 0 Å². The third-order valence-electron chi connectivity index (χ3n) is 3.79. The van der Waals surface area contributed by atoms with Crippen molar-refractivity contribution in [1.82, 2.24) is 4.73 Å². The second kappa shape index (κ2) is 8.18. The van der Waals surface area contributed by atoms with Crippen molar-refractivity contribution in [3.05, 3.63) is 94.2 Å². The van der Waals surface area contributed by atoms with Crippen molar-refractivity contribution in [2.45, 2.75) is 6.61 Å². The van der Waals surface area contributed by atoms with Crippen LogP contribution >= 0.6 is 0 Å². The lowest BCUT2D eigenvalue weighted by Gasteiger charge is -2.11. The molecule has 0 unspecified atom stereocenters. The topological polar surface area (TPSA) is 69.6 Å². The summed E-state index contributed by atoms with van der Waals surface area (Å²) in [5.74, 6) is -0.637. The van der Waals surface area contributed by atoms with E-state index in [0.29, 0.717) is 5.75 Å². The normalized spacial score (nSPS) is 10.3. The van der Waals surface area contributed by atoms with Crippen LogP contribution in [0.5, 0.6) is 5.75 Å². The molecule has 0 fully saturated rings. The zero-order chi connectivity index (χ0) is 19.2. The Morgan fingerprint density at radius 1 is 1.11 bits per heavy atom. The van der Waals surface area contributed by atoms with Crippen molar-refractivity contribution in [3.8, 4) is 5.75 Å². The van der Waals surface area contributed by atoms with Crippen LogP contribution in [0.1, 0.15) is 15.9 Å². The minimum Gasteiger partial charge on any atom is -0.497 e. The average molecular weight is 368 g/mol. The minimum absolute atomic E-state index is 0.00500. The van der Waals surface area contributed by atoms with Crippen LogP contribution in [0.25, 0.3) is 0 Å². The van der Waals surface area contributed by atoms with Gasteiger partial charge in [-0.25, -0.2) is 4.39 Å². The molecule has 3 rings (SSSR count). The fraction of sp³-hybridized carbons (Fsp3) is 0.100. The van der Waals surface area contributed by atoms with Gasteiger partial charge in [0, 0.05) is 6.20 Å². The summed E-state index contributed by atoms with van der Waals surface area (Å²) in [6.45, 7) is 0.107. The Balaban J connectivity index is 1.76. The second-order valence-electron chi connectivity index (χ2n) is 5.61. The summed E-state index contributed by atoms with van der Waals surface area (Å²) < 4.78 is 19.8. The predicted molar refractivity (Wildman–Crippen MR) is 98.3 cm³/mol. The highest BCUT2D eigenvalue weighted by Gasteiger charge is 2.14. The summed E-state index contributed by atoms with van der Waals surface area (Å²) in [5, 5.41) is 2.38. The molecular formula is C20H17FN2O4. The Kier molecular flexibility index (Phi) is 5.51. The molecule has 1 aromatic heterocycles. The number of hydrogen-bond acceptors (Lipinski definition) is 4. The lowest BCUT2D eigenvalue weighted by molar-refractivity contribution is 0.0862. The Labute approximate surface area is 154 Å². The highest BCUT2D eigenvalue weighted by molar-refractivity contribution is 6.04. The van der Waals surface area contributed by atoms with Gasteiger partial charge in [0.05, 0.1) is 12.8 Å². The number of nitrogens with zero attached hydrogens (tertiary/aromatic N) is 1. The number of benzene rings is 2. The van der Waals surface area contributed by atoms with Gasteiger partial charge in [0.15, 0.2) is 0 Å². The van der Waals surface area contributed by atoms with Gasteiger partial charge < -0.3 is 14.9 Å². The van der Waals surface area contributed by atoms with Gasteiger partial charge in [0.2, 0.25) is 0 Å². The number of carbonyl (C=O) groups excluding carboxylic acids is 1. The maximum Gasteiger partial charge on any atom is 0.295 e. The molecule has 3 aromatic rings. The Hall–Kier alpha value is -3.61. The predicted octanol–water partition coefficient (Wildman–Crippen LogP) is 2.88. The number of hydrogen-bond donors (Lipinski definition) is 1. The van der Waals surface area contributed by atoms with Crippen molar-refractivity contribution in [1.29, 1.82) is 0 Å². The van der Waals surface area contributed by atoms with E-state index < -0.39 is 17.3 Å². The number of carbonyl (C=O) groups is 1. The van der Waals surface area contributed by atoms with Crippen LogP contribution in [-0.4, -0.2) is 17.7 Å². The van der Waals surface area contributed by atoms with Gasteiger partial charge in [-0.05, 0) is 42.0 Å². The van der Waals surface area contributed by atoms with E-state index in [-0.39, 0.29) is 17.9 Å². The number of para-hydroxylation sites is 1. The number of amides is 1. The van der Waals surface area contributed by atoms with Crippen LogP contribution in [0.3, 0.4) is 0 Å². The molecule has 1 heterocycles. The molecule has 0 spiro atoms. The molecule has 2 aromatic carbocycles. The van der Waals surface area contributed by atoms with Gasteiger partial charge in [-0.3, -0.25) is 9.59 Å². The molecule has 0 bridgehead atoms. The highest BCUT2D eigenvalue weighted by Crippen LogP contribution is 2.14. The maximum atomic E-state index is 13.7. The van der Waals surface area contributed by atoms with Gasteiger partial charge in [0.25, 0.3) is 11.5 Å². The monoisotopic (exact) mass is 368 g/mol. The number of anilines is 1.